The van der Waals surface area contributed by atoms with Crippen LogP contribution in [0.3, 0.4) is 0 Å². The molecule has 0 spiro atoms. The molecule has 1 aliphatic carbocycles. The van der Waals surface area contributed by atoms with E-state index in [1.807, 2.05) is 24.3 Å². The van der Waals surface area contributed by atoms with Crippen LogP contribution in [0, 0.1) is 6.07 Å². The Labute approximate surface area is 263 Å². The van der Waals surface area contributed by atoms with Crippen molar-refractivity contribution in [3.8, 4) is 11.1 Å². The van der Waals surface area contributed by atoms with E-state index < -0.39 is 0 Å². The van der Waals surface area contributed by atoms with Crippen molar-refractivity contribution in [2.75, 3.05) is 0 Å². The normalized spacial score (nSPS) is 10.6. The van der Waals surface area contributed by atoms with Crippen molar-refractivity contribution in [1.82, 2.24) is 0 Å². The molecule has 0 unspecified atom stereocenters. The Morgan fingerprint density at radius 3 is 2.08 bits per heavy atom. The summed E-state index contributed by atoms with van der Waals surface area (Å²) < 4.78 is 1.46. The number of benzene rings is 3. The summed E-state index contributed by atoms with van der Waals surface area (Å²) in [5.41, 5.74) is 12.2. The Balaban J connectivity index is 0.000000304. The quantitative estimate of drug-likeness (QED) is 0.267. The van der Waals surface area contributed by atoms with E-state index in [9.17, 15) is 0 Å². The zero-order chi connectivity index (χ0) is 27.0. The van der Waals surface area contributed by atoms with Crippen LogP contribution in [0.2, 0.25) is 0 Å². The zero-order valence-electron chi connectivity index (χ0n) is 23.7. The molecule has 3 heteroatoms. The van der Waals surface area contributed by atoms with Crippen molar-refractivity contribution in [2.24, 2.45) is 0 Å². The average molecular weight is 633 g/mol. The molecule has 0 heterocycles. The van der Waals surface area contributed by atoms with E-state index in [0.717, 1.165) is 18.4 Å². The summed E-state index contributed by atoms with van der Waals surface area (Å²) in [6.45, 7) is 18.7. The van der Waals surface area contributed by atoms with Gasteiger partial charge in [0.25, 0.3) is 0 Å². The molecule has 0 atom stereocenters. The van der Waals surface area contributed by atoms with Gasteiger partial charge in [0, 0.05) is 0 Å². The minimum atomic E-state index is 0. The Bertz CT molecular complexity index is 1320. The third kappa shape index (κ3) is 9.75. The van der Waals surface area contributed by atoms with E-state index in [0.29, 0.717) is 5.41 Å². The van der Waals surface area contributed by atoms with Crippen LogP contribution >= 0.6 is 0 Å². The van der Waals surface area contributed by atoms with Crippen LogP contribution in [-0.4, -0.2) is 3.21 Å². The number of aryl methyl sites for hydroxylation is 1. The van der Waals surface area contributed by atoms with E-state index in [1.165, 1.54) is 71.9 Å². The molecule has 202 valence electrons. The summed E-state index contributed by atoms with van der Waals surface area (Å²) in [5.74, 6) is 0. The third-order valence-corrected chi connectivity index (χ3v) is 7.32. The summed E-state index contributed by atoms with van der Waals surface area (Å²) in [6.07, 6.45) is 5.89. The van der Waals surface area contributed by atoms with E-state index in [-0.39, 0.29) is 24.8 Å². The molecular formula is C36H38Cl2Zr-2. The fourth-order valence-electron chi connectivity index (χ4n) is 4.23. The molecule has 0 aromatic heterocycles. The van der Waals surface area contributed by atoms with Crippen LogP contribution < -0.4 is 24.8 Å². The standard InChI is InChI=1S/C17H13.C11H17.C8H8.2ClH.Zr/c1-3-12-5-7-14-11-15-8-6-13(4-2)10-17(15)16(14)9-12;1-5-9-6-7-10(8-9)11(2,3)4;1-2-8-6-4-3-5-7-8;;;/h3-7,9-10H,1-2,11H2;6-8H,5H2,1-4H3;3-7H,1H3;2*1H;/q2*-1;;;;+2/p-2. The van der Waals surface area contributed by atoms with Gasteiger partial charge in [0.05, 0.1) is 0 Å². The molecule has 1 aliphatic rings. The van der Waals surface area contributed by atoms with Crippen LogP contribution in [0.25, 0.3) is 23.3 Å². The SMILES string of the molecule is C=Cc1c[c-]c2c(c1)-c1cc(C=C)ccc1C2.CCc1cc(C(C)(C)C)c[cH-]1.C[C](=[Zr+2])c1ccccc1.[Cl-].[Cl-]. The van der Waals surface area contributed by atoms with Crippen molar-refractivity contribution < 1.29 is 49.0 Å². The third-order valence-electron chi connectivity index (χ3n) is 6.61. The maximum absolute atomic E-state index is 3.82. The van der Waals surface area contributed by atoms with Crippen molar-refractivity contribution >= 4 is 15.4 Å². The summed E-state index contributed by atoms with van der Waals surface area (Å²) in [5, 5.41) is 0. The Morgan fingerprint density at radius 2 is 1.59 bits per heavy atom. The van der Waals surface area contributed by atoms with Crippen LogP contribution in [0.15, 0.2) is 92.0 Å². The summed E-state index contributed by atoms with van der Waals surface area (Å²) >= 11 is 1.51. The molecular weight excluding hydrogens is 595 g/mol. The van der Waals surface area contributed by atoms with E-state index in [4.69, 9.17) is 0 Å². The van der Waals surface area contributed by atoms with Gasteiger partial charge in [0.2, 0.25) is 0 Å². The molecule has 0 radical (unpaired) electrons. The summed E-state index contributed by atoms with van der Waals surface area (Å²) in [4.78, 5) is 0. The van der Waals surface area contributed by atoms with Gasteiger partial charge in [-0.3, -0.25) is 0 Å². The van der Waals surface area contributed by atoms with Crippen molar-refractivity contribution in [3.63, 3.8) is 0 Å². The topological polar surface area (TPSA) is 0 Å². The minimum absolute atomic E-state index is 0. The van der Waals surface area contributed by atoms with Crippen LogP contribution in [0.4, 0.5) is 0 Å². The van der Waals surface area contributed by atoms with Crippen molar-refractivity contribution in [2.45, 2.75) is 52.9 Å². The van der Waals surface area contributed by atoms with Gasteiger partial charge in [0.1, 0.15) is 0 Å². The fraction of sp³-hybridized carbons (Fsp3) is 0.222. The monoisotopic (exact) mass is 630 g/mol. The molecule has 4 aromatic rings. The van der Waals surface area contributed by atoms with Crippen molar-refractivity contribution in [3.05, 3.63) is 137 Å². The number of hydrogen-bond acceptors (Lipinski definition) is 0. The Hall–Kier alpha value is -2.18. The largest absolute Gasteiger partial charge is 1.00 e. The molecule has 0 N–H and O–H groups in total. The number of halogens is 2. The second-order valence-electron chi connectivity index (χ2n) is 10.4. The smallest absolute Gasteiger partial charge is 1.00 e. The molecule has 0 saturated carbocycles. The zero-order valence-corrected chi connectivity index (χ0v) is 27.7. The van der Waals surface area contributed by atoms with E-state index in [2.05, 4.69) is 121 Å². The summed E-state index contributed by atoms with van der Waals surface area (Å²) in [6, 6.07) is 31.3. The van der Waals surface area contributed by atoms with Gasteiger partial charge in [-0.1, -0.05) is 81.5 Å². The van der Waals surface area contributed by atoms with Crippen molar-refractivity contribution in [1.29, 1.82) is 0 Å². The predicted octanol–water partition coefficient (Wildman–Crippen LogP) is 3.39. The molecule has 5 rings (SSSR count). The fourth-order valence-corrected chi connectivity index (χ4v) is 4.64. The van der Waals surface area contributed by atoms with Gasteiger partial charge in [-0.15, -0.1) is 23.8 Å². The molecule has 0 saturated heterocycles. The van der Waals surface area contributed by atoms with E-state index >= 15 is 0 Å². The number of rotatable bonds is 4. The molecule has 0 fully saturated rings. The average Bonchev–Trinajstić information content (AvgIpc) is 3.54. The summed E-state index contributed by atoms with van der Waals surface area (Å²) in [7, 11) is 0. The van der Waals surface area contributed by atoms with Crippen LogP contribution in [-0.2, 0) is 42.5 Å². The van der Waals surface area contributed by atoms with Gasteiger partial charge in [0.15, 0.2) is 0 Å². The van der Waals surface area contributed by atoms with Gasteiger partial charge in [-0.05, 0) is 12.0 Å². The molecule has 39 heavy (non-hydrogen) atoms. The maximum atomic E-state index is 3.82. The van der Waals surface area contributed by atoms with Gasteiger partial charge in [-0.2, -0.15) is 47.0 Å². The second kappa shape index (κ2) is 16.2. The first kappa shape index (κ1) is 34.9. The first-order chi connectivity index (χ1) is 17.7. The second-order valence-corrected chi connectivity index (χ2v) is 12.3. The number of fused-ring (bicyclic) bond motifs is 3. The van der Waals surface area contributed by atoms with Gasteiger partial charge in [-0.25, -0.2) is 6.07 Å². The molecule has 4 aromatic carbocycles. The molecule has 0 nitrogen and oxygen atoms in total. The molecule has 0 bridgehead atoms. The van der Waals surface area contributed by atoms with Gasteiger partial charge >= 0.3 is 70.3 Å². The first-order valence-electron chi connectivity index (χ1n) is 13.0. The first-order valence-corrected chi connectivity index (χ1v) is 14.2. The predicted molar refractivity (Wildman–Crippen MR) is 160 cm³/mol. The van der Waals surface area contributed by atoms with Crippen LogP contribution in [0.1, 0.15) is 73.6 Å². The van der Waals surface area contributed by atoms with Gasteiger partial charge < -0.3 is 24.8 Å². The Morgan fingerprint density at radius 1 is 0.949 bits per heavy atom. The maximum Gasteiger partial charge on any atom is -1.00 e. The molecule has 0 aliphatic heterocycles. The van der Waals surface area contributed by atoms with Crippen LogP contribution in [0.5, 0.6) is 0 Å². The molecule has 0 amide bonds. The number of hydrogen-bond donors (Lipinski definition) is 0. The van der Waals surface area contributed by atoms with E-state index in [1.54, 1.807) is 0 Å². The Kier molecular flexibility index (Phi) is 14.5. The minimum Gasteiger partial charge on any atom is -1.00 e.